The van der Waals surface area contributed by atoms with E-state index >= 15 is 0 Å². The molecule has 1 amide bonds. The molecule has 0 radical (unpaired) electrons. The number of nitrogens with zero attached hydrogens (tertiary/aromatic N) is 1. The van der Waals surface area contributed by atoms with Gasteiger partial charge in [0.05, 0.1) is 0 Å². The molecule has 66 valence electrons. The van der Waals surface area contributed by atoms with E-state index in [1.807, 2.05) is 0 Å². The quantitative estimate of drug-likeness (QED) is 0.637. The van der Waals surface area contributed by atoms with Gasteiger partial charge in [-0.15, -0.1) is 0 Å². The molecule has 2 N–H and O–H groups in total. The summed E-state index contributed by atoms with van der Waals surface area (Å²) >= 11 is 0. The third kappa shape index (κ3) is 5.66. The zero-order chi connectivity index (χ0) is 9.07. The number of hydrogen-bond acceptors (Lipinski definition) is 3. The Hall–Kier alpha value is -0.770. The van der Waals surface area contributed by atoms with Gasteiger partial charge in [0.25, 0.3) is 0 Å². The molecule has 0 spiro atoms. The fourth-order valence-corrected chi connectivity index (χ4v) is 0.377. The molecule has 0 aromatic carbocycles. The Morgan fingerprint density at radius 1 is 1.55 bits per heavy atom. The summed E-state index contributed by atoms with van der Waals surface area (Å²) < 4.78 is 4.83. The lowest BCUT2D eigenvalue weighted by molar-refractivity contribution is 0.1000. The molecule has 0 saturated carbocycles. The first-order valence-electron chi connectivity index (χ1n) is 3.46. The van der Waals surface area contributed by atoms with E-state index in [0.717, 1.165) is 0 Å². The van der Waals surface area contributed by atoms with E-state index < -0.39 is 5.54 Å². The molecule has 0 aromatic rings. The van der Waals surface area contributed by atoms with Crippen molar-refractivity contribution in [3.63, 3.8) is 0 Å². The topological polar surface area (TPSA) is 55.6 Å². The van der Waals surface area contributed by atoms with Crippen LogP contribution in [0.2, 0.25) is 0 Å². The lowest BCUT2D eigenvalue weighted by Crippen LogP contribution is -2.39. The maximum atomic E-state index is 10.8. The normalized spacial score (nSPS) is 11.0. The molecule has 0 heterocycles. The van der Waals surface area contributed by atoms with Crippen molar-refractivity contribution in [3.8, 4) is 0 Å². The first-order valence-corrected chi connectivity index (χ1v) is 3.46. The van der Waals surface area contributed by atoms with E-state index in [1.54, 1.807) is 27.9 Å². The fourth-order valence-electron chi connectivity index (χ4n) is 0.377. The van der Waals surface area contributed by atoms with Crippen LogP contribution in [-0.2, 0) is 4.74 Å². The Morgan fingerprint density at radius 3 is 2.27 bits per heavy atom. The monoisotopic (exact) mass is 160 g/mol. The highest BCUT2D eigenvalue weighted by Gasteiger charge is 2.14. The van der Waals surface area contributed by atoms with Gasteiger partial charge in [-0.1, -0.05) is 0 Å². The molecule has 0 atom stereocenters. The Morgan fingerprint density at radius 2 is 2.00 bits per heavy atom. The Labute approximate surface area is 67.3 Å². The van der Waals surface area contributed by atoms with E-state index in [1.165, 1.54) is 4.90 Å². The minimum absolute atomic E-state index is 0.240. The lowest BCUT2D eigenvalue weighted by Gasteiger charge is -2.19. The van der Waals surface area contributed by atoms with Crippen LogP contribution in [0.15, 0.2) is 0 Å². The highest BCUT2D eigenvalue weighted by Crippen LogP contribution is 1.98. The summed E-state index contributed by atoms with van der Waals surface area (Å²) in [6.07, 6.45) is -0.358. The maximum Gasteiger partial charge on any atom is 0.409 e. The van der Waals surface area contributed by atoms with Crippen LogP contribution < -0.4 is 5.73 Å². The maximum absolute atomic E-state index is 10.8. The Kier molecular flexibility index (Phi) is 3.32. The molecule has 0 bridgehead atoms. The van der Waals surface area contributed by atoms with Crippen LogP contribution in [-0.4, -0.2) is 37.2 Å². The summed E-state index contributed by atoms with van der Waals surface area (Å²) in [5.74, 6) is 0. The van der Waals surface area contributed by atoms with Crippen molar-refractivity contribution in [2.75, 3.05) is 20.7 Å². The van der Waals surface area contributed by atoms with Gasteiger partial charge in [-0.2, -0.15) is 0 Å². The molecule has 11 heavy (non-hydrogen) atoms. The second-order valence-corrected chi connectivity index (χ2v) is 3.44. The zero-order valence-electron chi connectivity index (χ0n) is 7.55. The van der Waals surface area contributed by atoms with Gasteiger partial charge < -0.3 is 15.4 Å². The molecule has 0 aliphatic rings. The van der Waals surface area contributed by atoms with Gasteiger partial charge in [0.2, 0.25) is 0 Å². The van der Waals surface area contributed by atoms with E-state index in [9.17, 15) is 4.79 Å². The predicted molar refractivity (Wildman–Crippen MR) is 43.3 cm³/mol. The van der Waals surface area contributed by atoms with Crippen LogP contribution in [0.3, 0.4) is 0 Å². The van der Waals surface area contributed by atoms with Crippen molar-refractivity contribution >= 4 is 6.09 Å². The molecule has 0 fully saturated rings. The minimum atomic E-state index is -0.453. The first-order chi connectivity index (χ1) is 4.83. The highest BCUT2D eigenvalue weighted by atomic mass is 16.6. The number of carbonyl (C=O) groups excluding carboxylic acids is 1. The average Bonchev–Trinajstić information content (AvgIpc) is 1.80. The molecule has 0 aromatic heterocycles. The van der Waals surface area contributed by atoms with Gasteiger partial charge in [-0.3, -0.25) is 0 Å². The number of rotatable bonds is 2. The third-order valence-electron chi connectivity index (χ3n) is 0.933. The van der Waals surface area contributed by atoms with Gasteiger partial charge >= 0.3 is 6.09 Å². The van der Waals surface area contributed by atoms with Gasteiger partial charge in [0.1, 0.15) is 6.61 Å². The molecule has 0 rings (SSSR count). The van der Waals surface area contributed by atoms with E-state index in [-0.39, 0.29) is 12.7 Å². The van der Waals surface area contributed by atoms with Gasteiger partial charge in [0.15, 0.2) is 0 Å². The molecule has 0 saturated heterocycles. The second kappa shape index (κ2) is 3.57. The van der Waals surface area contributed by atoms with Crippen LogP contribution in [0.1, 0.15) is 13.8 Å². The number of hydrogen-bond donors (Lipinski definition) is 1. The Balaban J connectivity index is 3.64. The van der Waals surface area contributed by atoms with Crippen LogP contribution >= 0.6 is 0 Å². The van der Waals surface area contributed by atoms with Crippen molar-refractivity contribution < 1.29 is 9.53 Å². The SMILES string of the molecule is CN(C)C(=O)OCC(C)(C)N. The van der Waals surface area contributed by atoms with Crippen LogP contribution in [0.4, 0.5) is 4.79 Å². The standard InChI is InChI=1S/C7H16N2O2/c1-7(2,8)5-11-6(10)9(3)4/h5,8H2,1-4H3. The van der Waals surface area contributed by atoms with Crippen LogP contribution in [0, 0.1) is 0 Å². The fraction of sp³-hybridized carbons (Fsp3) is 0.857. The summed E-state index contributed by atoms with van der Waals surface area (Å²) in [5.41, 5.74) is 5.14. The molecule has 4 heteroatoms. The number of ether oxygens (including phenoxy) is 1. The van der Waals surface area contributed by atoms with Gasteiger partial charge in [0, 0.05) is 19.6 Å². The van der Waals surface area contributed by atoms with Crippen molar-refractivity contribution in [2.24, 2.45) is 5.73 Å². The molecule has 0 aliphatic carbocycles. The summed E-state index contributed by atoms with van der Waals surface area (Å²) in [6.45, 7) is 3.84. The van der Waals surface area contributed by atoms with Gasteiger partial charge in [-0.05, 0) is 13.8 Å². The van der Waals surface area contributed by atoms with Crippen molar-refractivity contribution in [2.45, 2.75) is 19.4 Å². The molecule has 4 nitrogen and oxygen atoms in total. The van der Waals surface area contributed by atoms with Gasteiger partial charge in [-0.25, -0.2) is 4.79 Å². The van der Waals surface area contributed by atoms with E-state index in [4.69, 9.17) is 10.5 Å². The smallest absolute Gasteiger partial charge is 0.409 e. The summed E-state index contributed by atoms with van der Waals surface area (Å²) in [5, 5.41) is 0. The Bertz CT molecular complexity index is 138. The highest BCUT2D eigenvalue weighted by molar-refractivity contribution is 5.66. The summed E-state index contributed by atoms with van der Waals surface area (Å²) in [7, 11) is 3.26. The number of carbonyl (C=O) groups is 1. The first kappa shape index (κ1) is 10.2. The largest absolute Gasteiger partial charge is 0.447 e. The zero-order valence-corrected chi connectivity index (χ0v) is 7.55. The van der Waals surface area contributed by atoms with Crippen molar-refractivity contribution in [1.29, 1.82) is 0 Å². The van der Waals surface area contributed by atoms with E-state index in [0.29, 0.717) is 0 Å². The van der Waals surface area contributed by atoms with Crippen LogP contribution in [0.5, 0.6) is 0 Å². The third-order valence-corrected chi connectivity index (χ3v) is 0.933. The summed E-state index contributed by atoms with van der Waals surface area (Å²) in [4.78, 5) is 12.2. The minimum Gasteiger partial charge on any atom is -0.447 e. The molecular formula is C7H16N2O2. The number of amides is 1. The predicted octanol–water partition coefficient (Wildman–Crippen LogP) is 0.422. The molecule has 0 unspecified atom stereocenters. The number of nitrogens with two attached hydrogens (primary N) is 1. The molecular weight excluding hydrogens is 144 g/mol. The molecule has 0 aliphatic heterocycles. The average molecular weight is 160 g/mol. The lowest BCUT2D eigenvalue weighted by atomic mass is 10.1. The second-order valence-electron chi connectivity index (χ2n) is 3.44. The summed E-state index contributed by atoms with van der Waals surface area (Å²) in [6, 6.07) is 0. The van der Waals surface area contributed by atoms with Crippen molar-refractivity contribution in [1.82, 2.24) is 4.90 Å². The van der Waals surface area contributed by atoms with E-state index in [2.05, 4.69) is 0 Å². The van der Waals surface area contributed by atoms with Crippen LogP contribution in [0.25, 0.3) is 0 Å². The van der Waals surface area contributed by atoms with Crippen molar-refractivity contribution in [3.05, 3.63) is 0 Å².